The standard InChI is InChI=1S/C11H11NO4S/c1-3-16-11(15)7-8(13)9-6(12-10(7)14)4-5(2)17-9/h4H,3H2,1-2H3,(H2,12,13,14). The van der Waals surface area contributed by atoms with Crippen molar-refractivity contribution in [2.75, 3.05) is 6.61 Å². The molecular weight excluding hydrogens is 242 g/mol. The van der Waals surface area contributed by atoms with E-state index >= 15 is 0 Å². The second-order valence-corrected chi connectivity index (χ2v) is 4.75. The Bertz CT molecular complexity index is 641. The maximum absolute atomic E-state index is 11.7. The number of nitrogens with one attached hydrogen (secondary N) is 1. The van der Waals surface area contributed by atoms with Crippen LogP contribution in [0.3, 0.4) is 0 Å². The van der Waals surface area contributed by atoms with Gasteiger partial charge in [0.2, 0.25) is 0 Å². The van der Waals surface area contributed by atoms with Crippen LogP contribution in [-0.2, 0) is 4.74 Å². The van der Waals surface area contributed by atoms with Gasteiger partial charge in [0.25, 0.3) is 5.56 Å². The Kier molecular flexibility index (Phi) is 2.89. The first-order valence-corrected chi connectivity index (χ1v) is 5.88. The van der Waals surface area contributed by atoms with Crippen LogP contribution in [0, 0.1) is 6.92 Å². The second-order valence-electron chi connectivity index (χ2n) is 3.50. The number of carbonyl (C=O) groups is 1. The summed E-state index contributed by atoms with van der Waals surface area (Å²) in [7, 11) is 0. The number of aromatic nitrogens is 1. The number of hydrogen-bond donors (Lipinski definition) is 2. The molecule has 0 aliphatic rings. The van der Waals surface area contributed by atoms with Gasteiger partial charge >= 0.3 is 5.97 Å². The van der Waals surface area contributed by atoms with Crippen molar-refractivity contribution >= 4 is 27.5 Å². The van der Waals surface area contributed by atoms with E-state index in [0.717, 1.165) is 4.88 Å². The van der Waals surface area contributed by atoms with Gasteiger partial charge in [-0.2, -0.15) is 0 Å². The molecule has 2 rings (SSSR count). The van der Waals surface area contributed by atoms with E-state index in [-0.39, 0.29) is 17.9 Å². The molecule has 0 aliphatic heterocycles. The number of fused-ring (bicyclic) bond motifs is 1. The minimum absolute atomic E-state index is 0.152. The molecule has 17 heavy (non-hydrogen) atoms. The van der Waals surface area contributed by atoms with E-state index in [1.807, 2.05) is 6.92 Å². The van der Waals surface area contributed by atoms with Gasteiger partial charge in [-0.1, -0.05) is 0 Å². The Morgan fingerprint density at radius 2 is 2.29 bits per heavy atom. The average molecular weight is 253 g/mol. The number of ether oxygens (including phenoxy) is 1. The summed E-state index contributed by atoms with van der Waals surface area (Å²) in [4.78, 5) is 26.7. The molecular formula is C11H11NO4S. The van der Waals surface area contributed by atoms with Crippen LogP contribution >= 0.6 is 11.3 Å². The topological polar surface area (TPSA) is 79.4 Å². The van der Waals surface area contributed by atoms with E-state index in [1.54, 1.807) is 13.0 Å². The molecule has 0 saturated carbocycles. The van der Waals surface area contributed by atoms with Gasteiger partial charge < -0.3 is 14.8 Å². The zero-order valence-corrected chi connectivity index (χ0v) is 10.2. The number of aromatic hydroxyl groups is 1. The lowest BCUT2D eigenvalue weighted by atomic mass is 10.2. The summed E-state index contributed by atoms with van der Waals surface area (Å²) in [6.07, 6.45) is 0. The maximum Gasteiger partial charge on any atom is 0.347 e. The zero-order valence-electron chi connectivity index (χ0n) is 9.36. The van der Waals surface area contributed by atoms with Gasteiger partial charge in [0.15, 0.2) is 11.3 Å². The molecule has 2 N–H and O–H groups in total. The fraction of sp³-hybridized carbons (Fsp3) is 0.273. The van der Waals surface area contributed by atoms with Crippen molar-refractivity contribution in [2.24, 2.45) is 0 Å². The fourth-order valence-corrected chi connectivity index (χ4v) is 2.50. The van der Waals surface area contributed by atoms with E-state index in [4.69, 9.17) is 4.74 Å². The van der Waals surface area contributed by atoms with Crippen LogP contribution in [0.5, 0.6) is 5.75 Å². The first kappa shape index (κ1) is 11.7. The molecule has 0 spiro atoms. The molecule has 2 aromatic rings. The smallest absolute Gasteiger partial charge is 0.347 e. The third-order valence-corrected chi connectivity index (χ3v) is 3.32. The molecule has 0 unspecified atom stereocenters. The molecule has 0 saturated heterocycles. The third-order valence-electron chi connectivity index (χ3n) is 2.26. The number of esters is 1. The van der Waals surface area contributed by atoms with Crippen molar-refractivity contribution in [2.45, 2.75) is 13.8 Å². The lowest BCUT2D eigenvalue weighted by Crippen LogP contribution is -2.19. The summed E-state index contributed by atoms with van der Waals surface area (Å²) in [5.41, 5.74) is -0.435. The lowest BCUT2D eigenvalue weighted by molar-refractivity contribution is 0.0521. The first-order chi connectivity index (χ1) is 8.04. The van der Waals surface area contributed by atoms with Gasteiger partial charge in [-0.15, -0.1) is 11.3 Å². The van der Waals surface area contributed by atoms with E-state index < -0.39 is 11.5 Å². The minimum Gasteiger partial charge on any atom is -0.505 e. The van der Waals surface area contributed by atoms with Gasteiger partial charge in [-0.3, -0.25) is 4.79 Å². The van der Waals surface area contributed by atoms with Crippen LogP contribution < -0.4 is 5.56 Å². The van der Waals surface area contributed by atoms with Crippen LogP contribution in [0.4, 0.5) is 0 Å². The van der Waals surface area contributed by atoms with Crippen molar-refractivity contribution in [3.05, 3.63) is 26.9 Å². The highest BCUT2D eigenvalue weighted by molar-refractivity contribution is 7.19. The normalized spacial score (nSPS) is 10.7. The maximum atomic E-state index is 11.7. The highest BCUT2D eigenvalue weighted by Crippen LogP contribution is 2.32. The number of rotatable bonds is 2. The van der Waals surface area contributed by atoms with Gasteiger partial charge in [-0.05, 0) is 19.9 Å². The number of aryl methyl sites for hydroxylation is 1. The highest BCUT2D eigenvalue weighted by atomic mass is 32.1. The van der Waals surface area contributed by atoms with Gasteiger partial charge in [-0.25, -0.2) is 4.79 Å². The third kappa shape index (κ3) is 1.91. The number of thiophene rings is 1. The van der Waals surface area contributed by atoms with Crippen LogP contribution in [0.1, 0.15) is 22.2 Å². The Labute approximate surface area is 101 Å². The first-order valence-electron chi connectivity index (χ1n) is 5.07. The predicted octanol–water partition coefficient (Wildman–Crippen LogP) is 1.78. The Morgan fingerprint density at radius 1 is 1.59 bits per heavy atom. The molecule has 0 radical (unpaired) electrons. The fourth-order valence-electron chi connectivity index (χ4n) is 1.58. The zero-order chi connectivity index (χ0) is 12.6. The quantitative estimate of drug-likeness (QED) is 0.799. The molecule has 90 valence electrons. The summed E-state index contributed by atoms with van der Waals surface area (Å²) in [5.74, 6) is -1.11. The van der Waals surface area contributed by atoms with Crippen LogP contribution in [0.15, 0.2) is 10.9 Å². The molecule has 0 aromatic carbocycles. The number of aromatic amines is 1. The largest absolute Gasteiger partial charge is 0.505 e. The van der Waals surface area contributed by atoms with Crippen molar-refractivity contribution < 1.29 is 14.6 Å². The molecule has 2 aromatic heterocycles. The molecule has 0 aliphatic carbocycles. The molecule has 0 fully saturated rings. The Hall–Kier alpha value is -1.82. The Morgan fingerprint density at radius 3 is 2.94 bits per heavy atom. The van der Waals surface area contributed by atoms with Crippen molar-refractivity contribution in [3.8, 4) is 5.75 Å². The molecule has 2 heterocycles. The van der Waals surface area contributed by atoms with Crippen LogP contribution in [0.25, 0.3) is 10.2 Å². The summed E-state index contributed by atoms with van der Waals surface area (Å²) in [6, 6.07) is 1.75. The van der Waals surface area contributed by atoms with Gasteiger partial charge in [0, 0.05) is 4.88 Å². The summed E-state index contributed by atoms with van der Waals surface area (Å²) in [6.45, 7) is 3.64. The van der Waals surface area contributed by atoms with E-state index in [1.165, 1.54) is 11.3 Å². The minimum atomic E-state index is -0.806. The summed E-state index contributed by atoms with van der Waals surface area (Å²) >= 11 is 1.31. The van der Waals surface area contributed by atoms with Crippen molar-refractivity contribution in [3.63, 3.8) is 0 Å². The molecule has 0 atom stereocenters. The van der Waals surface area contributed by atoms with Crippen molar-refractivity contribution in [1.29, 1.82) is 0 Å². The summed E-state index contributed by atoms with van der Waals surface area (Å²) in [5, 5.41) is 9.93. The number of H-pyrrole nitrogens is 1. The number of hydrogen-bond acceptors (Lipinski definition) is 5. The highest BCUT2D eigenvalue weighted by Gasteiger charge is 2.21. The van der Waals surface area contributed by atoms with Crippen LogP contribution in [0.2, 0.25) is 0 Å². The van der Waals surface area contributed by atoms with E-state index in [2.05, 4.69) is 4.98 Å². The summed E-state index contributed by atoms with van der Waals surface area (Å²) < 4.78 is 5.22. The molecule has 0 amide bonds. The number of pyridine rings is 1. The molecule has 5 nitrogen and oxygen atoms in total. The van der Waals surface area contributed by atoms with Crippen LogP contribution in [-0.4, -0.2) is 22.7 Å². The SMILES string of the molecule is CCOC(=O)c1c(O)c2sc(C)cc2[nH]c1=O. The second kappa shape index (κ2) is 4.21. The number of carbonyl (C=O) groups excluding carboxylic acids is 1. The lowest BCUT2D eigenvalue weighted by Gasteiger charge is -2.03. The van der Waals surface area contributed by atoms with Gasteiger partial charge in [0.1, 0.15) is 0 Å². The monoisotopic (exact) mass is 253 g/mol. The molecule has 6 heteroatoms. The Balaban J connectivity index is 2.71. The van der Waals surface area contributed by atoms with E-state index in [9.17, 15) is 14.7 Å². The average Bonchev–Trinajstić information content (AvgIpc) is 2.59. The van der Waals surface area contributed by atoms with Gasteiger partial charge in [0.05, 0.1) is 16.8 Å². The van der Waals surface area contributed by atoms with E-state index in [0.29, 0.717) is 10.2 Å². The molecule has 0 bridgehead atoms. The predicted molar refractivity (Wildman–Crippen MR) is 64.8 cm³/mol. The van der Waals surface area contributed by atoms with Crippen molar-refractivity contribution in [1.82, 2.24) is 4.98 Å².